The lowest BCUT2D eigenvalue weighted by Crippen LogP contribution is -2.13. The molecule has 20 heavy (non-hydrogen) atoms. The Hall–Kier alpha value is -1.61. The van der Waals surface area contributed by atoms with Gasteiger partial charge in [0.25, 0.3) is 0 Å². The minimum Gasteiger partial charge on any atom is -0.313 e. The molecular weight excluding hydrogens is 246 g/mol. The number of nitrogens with zero attached hydrogens (tertiary/aromatic N) is 2. The Labute approximate surface area is 122 Å². The van der Waals surface area contributed by atoms with E-state index in [4.69, 9.17) is 0 Å². The highest BCUT2D eigenvalue weighted by molar-refractivity contribution is 5.37. The molecule has 2 aromatic rings. The second-order valence-electron chi connectivity index (χ2n) is 6.44. The Morgan fingerprint density at radius 3 is 2.75 bits per heavy atom. The number of imidazole rings is 1. The van der Waals surface area contributed by atoms with Crippen LogP contribution in [0.2, 0.25) is 0 Å². The molecule has 1 N–H and O–H groups in total. The number of benzene rings is 1. The summed E-state index contributed by atoms with van der Waals surface area (Å²) in [5.74, 6) is 0. The molecule has 0 aliphatic carbocycles. The van der Waals surface area contributed by atoms with Crippen molar-refractivity contribution in [1.29, 1.82) is 0 Å². The van der Waals surface area contributed by atoms with Crippen LogP contribution < -0.4 is 5.32 Å². The summed E-state index contributed by atoms with van der Waals surface area (Å²) in [6.45, 7) is 10.8. The largest absolute Gasteiger partial charge is 0.313 e. The van der Waals surface area contributed by atoms with Crippen LogP contribution in [0.25, 0.3) is 5.69 Å². The molecule has 3 heteroatoms. The summed E-state index contributed by atoms with van der Waals surface area (Å²) in [7, 11) is 0. The zero-order valence-corrected chi connectivity index (χ0v) is 13.0. The Bertz CT molecular complexity index is 549. The van der Waals surface area contributed by atoms with Crippen molar-refractivity contribution < 1.29 is 0 Å². The van der Waals surface area contributed by atoms with Crippen LogP contribution in [-0.4, -0.2) is 16.1 Å². The van der Waals surface area contributed by atoms with E-state index in [1.54, 1.807) is 0 Å². The van der Waals surface area contributed by atoms with Crippen molar-refractivity contribution in [3.8, 4) is 5.69 Å². The first kappa shape index (κ1) is 14.8. The van der Waals surface area contributed by atoms with E-state index >= 15 is 0 Å². The topological polar surface area (TPSA) is 29.9 Å². The fourth-order valence-corrected chi connectivity index (χ4v) is 2.31. The van der Waals surface area contributed by atoms with Crippen molar-refractivity contribution in [2.24, 2.45) is 5.41 Å². The summed E-state index contributed by atoms with van der Waals surface area (Å²) in [4.78, 5) is 4.32. The third kappa shape index (κ3) is 3.94. The second kappa shape index (κ2) is 6.23. The molecule has 1 heterocycles. The molecule has 0 aliphatic heterocycles. The second-order valence-corrected chi connectivity index (χ2v) is 6.44. The van der Waals surface area contributed by atoms with Crippen molar-refractivity contribution in [1.82, 2.24) is 14.9 Å². The molecule has 0 radical (unpaired) electrons. The molecule has 0 atom stereocenters. The smallest absolute Gasteiger partial charge is 0.0994 e. The lowest BCUT2D eigenvalue weighted by atomic mass is 9.91. The van der Waals surface area contributed by atoms with E-state index in [9.17, 15) is 0 Å². The van der Waals surface area contributed by atoms with Crippen molar-refractivity contribution in [3.63, 3.8) is 0 Å². The first-order chi connectivity index (χ1) is 9.49. The van der Waals surface area contributed by atoms with Crippen molar-refractivity contribution in [2.75, 3.05) is 6.54 Å². The Kier molecular flexibility index (Phi) is 4.61. The molecule has 0 bridgehead atoms. The number of hydrogen-bond acceptors (Lipinski definition) is 2. The standard InChI is InChI=1S/C17H25N3/c1-5-18-11-14-7-6-8-15(9-14)20-13-19-12-16(20)10-17(2,3)4/h6-9,12-13,18H,5,10-11H2,1-4H3. The normalized spacial score (nSPS) is 11.8. The van der Waals surface area contributed by atoms with E-state index in [1.165, 1.54) is 16.9 Å². The molecular formula is C17H25N3. The fraction of sp³-hybridized carbons (Fsp3) is 0.471. The van der Waals surface area contributed by atoms with E-state index in [-0.39, 0.29) is 5.41 Å². The Morgan fingerprint density at radius 2 is 2.05 bits per heavy atom. The maximum absolute atomic E-state index is 4.32. The van der Waals surface area contributed by atoms with Gasteiger partial charge in [-0.3, -0.25) is 0 Å². The van der Waals surface area contributed by atoms with Gasteiger partial charge in [0, 0.05) is 24.1 Å². The van der Waals surface area contributed by atoms with Crippen LogP contribution in [0.4, 0.5) is 0 Å². The maximum Gasteiger partial charge on any atom is 0.0994 e. The molecule has 0 amide bonds. The average molecular weight is 271 g/mol. The van der Waals surface area contributed by atoms with E-state index in [2.05, 4.69) is 66.8 Å². The number of aromatic nitrogens is 2. The molecule has 108 valence electrons. The van der Waals surface area contributed by atoms with Gasteiger partial charge in [0.2, 0.25) is 0 Å². The van der Waals surface area contributed by atoms with Crippen LogP contribution in [0, 0.1) is 5.41 Å². The van der Waals surface area contributed by atoms with Crippen LogP contribution in [0.5, 0.6) is 0 Å². The van der Waals surface area contributed by atoms with Crippen LogP contribution in [0.1, 0.15) is 39.0 Å². The van der Waals surface area contributed by atoms with Gasteiger partial charge in [0.15, 0.2) is 0 Å². The van der Waals surface area contributed by atoms with Crippen molar-refractivity contribution in [3.05, 3.63) is 48.0 Å². The van der Waals surface area contributed by atoms with Gasteiger partial charge < -0.3 is 9.88 Å². The minimum absolute atomic E-state index is 0.263. The first-order valence-electron chi connectivity index (χ1n) is 7.31. The van der Waals surface area contributed by atoms with Gasteiger partial charge >= 0.3 is 0 Å². The first-order valence-corrected chi connectivity index (χ1v) is 7.31. The maximum atomic E-state index is 4.32. The highest BCUT2D eigenvalue weighted by atomic mass is 15.0. The molecule has 0 fully saturated rings. The summed E-state index contributed by atoms with van der Waals surface area (Å²) in [5.41, 5.74) is 4.02. The number of rotatable bonds is 5. The van der Waals surface area contributed by atoms with E-state index in [1.807, 2.05) is 12.5 Å². The molecule has 0 aliphatic rings. The van der Waals surface area contributed by atoms with Crippen molar-refractivity contribution >= 4 is 0 Å². The van der Waals surface area contributed by atoms with Crippen LogP contribution in [-0.2, 0) is 13.0 Å². The van der Waals surface area contributed by atoms with Crippen LogP contribution in [0.3, 0.4) is 0 Å². The fourth-order valence-electron chi connectivity index (χ4n) is 2.31. The highest BCUT2D eigenvalue weighted by Gasteiger charge is 2.15. The number of nitrogens with one attached hydrogen (secondary N) is 1. The molecule has 0 saturated carbocycles. The molecule has 0 spiro atoms. The zero-order valence-electron chi connectivity index (χ0n) is 13.0. The minimum atomic E-state index is 0.263. The molecule has 1 aromatic heterocycles. The van der Waals surface area contributed by atoms with Crippen LogP contribution >= 0.6 is 0 Å². The monoisotopic (exact) mass is 271 g/mol. The van der Waals surface area contributed by atoms with Gasteiger partial charge in [-0.1, -0.05) is 39.8 Å². The highest BCUT2D eigenvalue weighted by Crippen LogP contribution is 2.22. The third-order valence-electron chi connectivity index (χ3n) is 3.19. The third-order valence-corrected chi connectivity index (χ3v) is 3.19. The summed E-state index contributed by atoms with van der Waals surface area (Å²) in [6.07, 6.45) is 4.90. The van der Waals surface area contributed by atoms with Gasteiger partial charge in [-0.2, -0.15) is 0 Å². The Balaban J connectivity index is 2.25. The number of hydrogen-bond donors (Lipinski definition) is 1. The lowest BCUT2D eigenvalue weighted by molar-refractivity contribution is 0.404. The Morgan fingerprint density at radius 1 is 1.25 bits per heavy atom. The van der Waals surface area contributed by atoms with Gasteiger partial charge in [-0.05, 0) is 36.1 Å². The van der Waals surface area contributed by atoms with E-state index in [0.717, 1.165) is 19.5 Å². The average Bonchev–Trinajstić information content (AvgIpc) is 2.82. The molecule has 3 nitrogen and oxygen atoms in total. The summed E-state index contributed by atoms with van der Waals surface area (Å²) >= 11 is 0. The molecule has 2 rings (SSSR count). The SMILES string of the molecule is CCNCc1cccc(-n2cncc2CC(C)(C)C)c1. The summed E-state index contributed by atoms with van der Waals surface area (Å²) in [6, 6.07) is 8.65. The summed E-state index contributed by atoms with van der Waals surface area (Å²) < 4.78 is 2.20. The van der Waals surface area contributed by atoms with Gasteiger partial charge in [-0.25, -0.2) is 4.98 Å². The van der Waals surface area contributed by atoms with E-state index < -0.39 is 0 Å². The molecule has 0 unspecified atom stereocenters. The predicted octanol–water partition coefficient (Wildman–Crippen LogP) is 3.57. The molecule has 0 saturated heterocycles. The molecule has 1 aromatic carbocycles. The van der Waals surface area contributed by atoms with Crippen LogP contribution in [0.15, 0.2) is 36.8 Å². The van der Waals surface area contributed by atoms with Crippen molar-refractivity contribution in [2.45, 2.75) is 40.7 Å². The zero-order chi connectivity index (χ0) is 14.6. The summed E-state index contributed by atoms with van der Waals surface area (Å²) in [5, 5.41) is 3.37. The van der Waals surface area contributed by atoms with E-state index in [0.29, 0.717) is 0 Å². The van der Waals surface area contributed by atoms with Gasteiger partial charge in [-0.15, -0.1) is 0 Å². The van der Waals surface area contributed by atoms with Gasteiger partial charge in [0.05, 0.1) is 6.33 Å². The lowest BCUT2D eigenvalue weighted by Gasteiger charge is -2.19. The predicted molar refractivity (Wildman–Crippen MR) is 84.1 cm³/mol. The van der Waals surface area contributed by atoms with Gasteiger partial charge in [0.1, 0.15) is 0 Å². The quantitative estimate of drug-likeness (QED) is 0.901.